The van der Waals surface area contributed by atoms with Gasteiger partial charge in [-0.05, 0) is 31.4 Å². The van der Waals surface area contributed by atoms with Crippen LogP contribution >= 0.6 is 11.8 Å². The normalized spacial score (nSPS) is 26.8. The number of thioether (sulfide) groups is 1. The Kier molecular flexibility index (Phi) is 4.31. The molecule has 2 saturated heterocycles. The van der Waals surface area contributed by atoms with Crippen molar-refractivity contribution in [2.45, 2.75) is 37.4 Å². The molecule has 2 aliphatic heterocycles. The van der Waals surface area contributed by atoms with Crippen LogP contribution < -0.4 is 0 Å². The minimum Gasteiger partial charge on any atom is -0.481 e. The molecular weight excluding hydrogens is 238 g/mol. The summed E-state index contributed by atoms with van der Waals surface area (Å²) in [6, 6.07) is 0. The average molecular weight is 257 g/mol. The Hall–Kier alpha value is -0.710. The molecule has 0 spiro atoms. The molecular formula is C12H19NO3S. The van der Waals surface area contributed by atoms with Gasteiger partial charge in [-0.15, -0.1) is 11.8 Å². The van der Waals surface area contributed by atoms with E-state index in [1.165, 1.54) is 6.42 Å². The maximum atomic E-state index is 12.2. The van der Waals surface area contributed by atoms with E-state index in [4.69, 9.17) is 5.11 Å². The molecule has 2 heterocycles. The van der Waals surface area contributed by atoms with Crippen molar-refractivity contribution in [1.29, 1.82) is 0 Å². The molecule has 1 atom stereocenters. The highest BCUT2D eigenvalue weighted by Gasteiger charge is 2.31. The van der Waals surface area contributed by atoms with Gasteiger partial charge in [-0.3, -0.25) is 9.59 Å². The van der Waals surface area contributed by atoms with Gasteiger partial charge in [0, 0.05) is 13.1 Å². The monoisotopic (exact) mass is 257 g/mol. The van der Waals surface area contributed by atoms with Gasteiger partial charge in [-0.25, -0.2) is 0 Å². The lowest BCUT2D eigenvalue weighted by atomic mass is 9.97. The zero-order valence-electron chi connectivity index (χ0n) is 9.93. The quantitative estimate of drug-likeness (QED) is 0.816. The van der Waals surface area contributed by atoms with E-state index in [9.17, 15) is 9.59 Å². The molecule has 0 aliphatic carbocycles. The number of hydrogen-bond acceptors (Lipinski definition) is 3. The molecule has 2 aliphatic rings. The zero-order valence-corrected chi connectivity index (χ0v) is 10.7. The van der Waals surface area contributed by atoms with E-state index in [1.54, 1.807) is 11.8 Å². The van der Waals surface area contributed by atoms with E-state index >= 15 is 0 Å². The second-order valence-corrected chi connectivity index (χ2v) is 6.10. The van der Waals surface area contributed by atoms with Crippen LogP contribution in [0.1, 0.15) is 32.1 Å². The molecule has 1 unspecified atom stereocenters. The van der Waals surface area contributed by atoms with Gasteiger partial charge in [0.1, 0.15) is 0 Å². The van der Waals surface area contributed by atoms with Gasteiger partial charge < -0.3 is 10.0 Å². The number of carbonyl (C=O) groups is 2. The highest BCUT2D eigenvalue weighted by atomic mass is 32.2. The van der Waals surface area contributed by atoms with Crippen LogP contribution in [0.2, 0.25) is 0 Å². The number of piperidine rings is 1. The van der Waals surface area contributed by atoms with E-state index in [0.29, 0.717) is 25.9 Å². The second kappa shape index (κ2) is 5.76. The number of nitrogens with zero attached hydrogens (tertiary/aromatic N) is 1. The van der Waals surface area contributed by atoms with Crippen molar-refractivity contribution in [3.05, 3.63) is 0 Å². The summed E-state index contributed by atoms with van der Waals surface area (Å²) >= 11 is 1.76. The second-order valence-electron chi connectivity index (χ2n) is 4.79. The molecule has 0 radical (unpaired) electrons. The predicted molar refractivity (Wildman–Crippen MR) is 67.0 cm³/mol. The van der Waals surface area contributed by atoms with Crippen LogP contribution in [0, 0.1) is 5.92 Å². The Bertz CT molecular complexity index is 294. The molecule has 0 aromatic rings. The first kappa shape index (κ1) is 12.7. The van der Waals surface area contributed by atoms with Gasteiger partial charge in [-0.2, -0.15) is 0 Å². The molecule has 17 heavy (non-hydrogen) atoms. The number of likely N-dealkylation sites (tertiary alicyclic amines) is 1. The first-order chi connectivity index (χ1) is 8.18. The fourth-order valence-electron chi connectivity index (χ4n) is 2.49. The number of rotatable bonds is 2. The number of hydrogen-bond donors (Lipinski definition) is 1. The van der Waals surface area contributed by atoms with Gasteiger partial charge >= 0.3 is 5.97 Å². The smallest absolute Gasteiger partial charge is 0.306 e. The molecule has 96 valence electrons. The molecule has 0 aromatic carbocycles. The lowest BCUT2D eigenvalue weighted by molar-refractivity contribution is -0.145. The number of carboxylic acid groups (broad SMARTS) is 1. The third-order valence-corrected chi connectivity index (χ3v) is 4.98. The van der Waals surface area contributed by atoms with E-state index < -0.39 is 5.97 Å². The summed E-state index contributed by atoms with van der Waals surface area (Å²) in [7, 11) is 0. The highest BCUT2D eigenvalue weighted by molar-refractivity contribution is 8.00. The third-order valence-electron chi connectivity index (χ3n) is 3.61. The van der Waals surface area contributed by atoms with Gasteiger partial charge in [-0.1, -0.05) is 6.42 Å². The highest BCUT2D eigenvalue weighted by Crippen LogP contribution is 2.28. The molecule has 1 amide bonds. The number of carbonyl (C=O) groups excluding carboxylic acids is 1. The standard InChI is InChI=1S/C12H19NO3S/c14-11(10-3-1-2-8-17-10)13-6-4-9(5-7-13)12(15)16/h9-10H,1-8H2,(H,15,16). The van der Waals surface area contributed by atoms with Gasteiger partial charge in [0.25, 0.3) is 0 Å². The summed E-state index contributed by atoms with van der Waals surface area (Å²) in [5.74, 6) is 0.350. The molecule has 2 fully saturated rings. The largest absolute Gasteiger partial charge is 0.481 e. The molecule has 0 aromatic heterocycles. The minimum absolute atomic E-state index is 0.130. The molecule has 2 rings (SSSR count). The Labute approximate surface area is 106 Å². The fourth-order valence-corrected chi connectivity index (χ4v) is 3.77. The van der Waals surface area contributed by atoms with Crippen molar-refractivity contribution in [1.82, 2.24) is 4.90 Å². The maximum Gasteiger partial charge on any atom is 0.306 e. The molecule has 5 heteroatoms. The van der Waals surface area contributed by atoms with E-state index in [-0.39, 0.29) is 17.1 Å². The van der Waals surface area contributed by atoms with E-state index in [1.807, 2.05) is 4.90 Å². The van der Waals surface area contributed by atoms with Crippen molar-refractivity contribution >= 4 is 23.6 Å². The van der Waals surface area contributed by atoms with Crippen molar-refractivity contribution in [3.8, 4) is 0 Å². The van der Waals surface area contributed by atoms with Crippen molar-refractivity contribution in [2.75, 3.05) is 18.8 Å². The van der Waals surface area contributed by atoms with Crippen molar-refractivity contribution < 1.29 is 14.7 Å². The number of aliphatic carboxylic acids is 1. The van der Waals surface area contributed by atoms with Crippen LogP contribution in [0.25, 0.3) is 0 Å². The fraction of sp³-hybridized carbons (Fsp3) is 0.833. The Morgan fingerprint density at radius 3 is 2.35 bits per heavy atom. The Balaban J connectivity index is 1.83. The number of carboxylic acids is 1. The van der Waals surface area contributed by atoms with Crippen LogP contribution in [-0.2, 0) is 9.59 Å². The minimum atomic E-state index is -0.718. The van der Waals surface area contributed by atoms with Crippen LogP contribution in [0.4, 0.5) is 0 Å². The summed E-state index contributed by atoms with van der Waals surface area (Å²) in [5, 5.41) is 9.03. The van der Waals surface area contributed by atoms with Crippen LogP contribution in [0.5, 0.6) is 0 Å². The van der Waals surface area contributed by atoms with E-state index in [2.05, 4.69) is 0 Å². The Morgan fingerprint density at radius 2 is 1.82 bits per heavy atom. The SMILES string of the molecule is O=C(O)C1CCN(C(=O)C2CCCCS2)CC1. The number of amides is 1. The Morgan fingerprint density at radius 1 is 1.12 bits per heavy atom. The van der Waals surface area contributed by atoms with Gasteiger partial charge in [0.2, 0.25) is 5.91 Å². The molecule has 0 bridgehead atoms. The van der Waals surface area contributed by atoms with Gasteiger partial charge in [0.15, 0.2) is 0 Å². The van der Waals surface area contributed by atoms with Crippen LogP contribution in [-0.4, -0.2) is 46.0 Å². The summed E-state index contributed by atoms with van der Waals surface area (Å²) in [4.78, 5) is 24.9. The zero-order chi connectivity index (χ0) is 12.3. The van der Waals surface area contributed by atoms with Crippen LogP contribution in [0.15, 0.2) is 0 Å². The predicted octanol–water partition coefficient (Wildman–Crippen LogP) is 1.60. The first-order valence-corrected chi connectivity index (χ1v) is 7.36. The lowest BCUT2D eigenvalue weighted by Gasteiger charge is -2.33. The maximum absolute atomic E-state index is 12.2. The van der Waals surface area contributed by atoms with E-state index in [0.717, 1.165) is 18.6 Å². The summed E-state index contributed by atoms with van der Waals surface area (Å²) < 4.78 is 0. The lowest BCUT2D eigenvalue weighted by Crippen LogP contribution is -2.44. The average Bonchev–Trinajstić information content (AvgIpc) is 2.39. The topological polar surface area (TPSA) is 57.6 Å². The van der Waals surface area contributed by atoms with Crippen LogP contribution in [0.3, 0.4) is 0 Å². The summed E-state index contributed by atoms with van der Waals surface area (Å²) in [6.07, 6.45) is 4.57. The van der Waals surface area contributed by atoms with Gasteiger partial charge in [0.05, 0.1) is 11.2 Å². The first-order valence-electron chi connectivity index (χ1n) is 6.31. The van der Waals surface area contributed by atoms with Crippen molar-refractivity contribution in [2.24, 2.45) is 5.92 Å². The summed E-state index contributed by atoms with van der Waals surface area (Å²) in [6.45, 7) is 1.24. The third kappa shape index (κ3) is 3.15. The molecule has 0 saturated carbocycles. The molecule has 4 nitrogen and oxygen atoms in total. The summed E-state index contributed by atoms with van der Waals surface area (Å²) in [5.41, 5.74) is 0. The molecule has 1 N–H and O–H groups in total. The van der Waals surface area contributed by atoms with Crippen molar-refractivity contribution in [3.63, 3.8) is 0 Å².